The van der Waals surface area contributed by atoms with Crippen LogP contribution in [-0.2, 0) is 17.8 Å². The van der Waals surface area contributed by atoms with Gasteiger partial charge in [0, 0.05) is 25.8 Å². The number of carbonyl (C=O) groups excluding carboxylic acids is 1. The van der Waals surface area contributed by atoms with Crippen LogP contribution in [0.25, 0.3) is 21.9 Å². The number of nitrogens with zero attached hydrogens (tertiary/aromatic N) is 5. The molecule has 0 atom stereocenters. The number of H-pyrrole nitrogens is 1. The van der Waals surface area contributed by atoms with Crippen molar-refractivity contribution < 1.29 is 9.53 Å². The zero-order valence-electron chi connectivity index (χ0n) is 16.8. The Kier molecular flexibility index (Phi) is 5.53. The maximum atomic E-state index is 13.2. The van der Waals surface area contributed by atoms with E-state index >= 15 is 0 Å². The van der Waals surface area contributed by atoms with Gasteiger partial charge in [0.1, 0.15) is 11.3 Å². The minimum absolute atomic E-state index is 0.155. The van der Waals surface area contributed by atoms with Crippen molar-refractivity contribution >= 4 is 27.8 Å². The SMILES string of the molecule is CCn1nnc2cc(C(=O)N(CCOC)Cc3nc4ccccc4c(=O)[nH]3)ccc21. The maximum Gasteiger partial charge on any atom is 0.258 e. The van der Waals surface area contributed by atoms with Crippen LogP contribution < -0.4 is 5.56 Å². The van der Waals surface area contributed by atoms with Crippen LogP contribution in [-0.4, -0.2) is 56.0 Å². The summed E-state index contributed by atoms with van der Waals surface area (Å²) in [5.41, 5.74) is 2.38. The molecule has 1 amide bonds. The molecule has 4 aromatic rings. The van der Waals surface area contributed by atoms with E-state index in [1.165, 1.54) is 0 Å². The predicted molar refractivity (Wildman–Crippen MR) is 112 cm³/mol. The fraction of sp³-hybridized carbons (Fsp3) is 0.286. The number of benzene rings is 2. The summed E-state index contributed by atoms with van der Waals surface area (Å²) in [6.45, 7) is 3.55. The van der Waals surface area contributed by atoms with Gasteiger partial charge >= 0.3 is 0 Å². The summed E-state index contributed by atoms with van der Waals surface area (Å²) < 4.78 is 6.94. The van der Waals surface area contributed by atoms with Crippen molar-refractivity contribution in [2.24, 2.45) is 0 Å². The maximum absolute atomic E-state index is 13.2. The van der Waals surface area contributed by atoms with Crippen LogP contribution in [0, 0.1) is 0 Å². The van der Waals surface area contributed by atoms with Crippen molar-refractivity contribution in [2.45, 2.75) is 20.0 Å². The first-order chi connectivity index (χ1) is 14.6. The first-order valence-corrected chi connectivity index (χ1v) is 9.70. The molecule has 0 aliphatic carbocycles. The van der Waals surface area contributed by atoms with E-state index in [-0.39, 0.29) is 18.0 Å². The van der Waals surface area contributed by atoms with E-state index in [0.717, 1.165) is 5.52 Å². The number of amides is 1. The number of para-hydroxylation sites is 1. The average molecular weight is 406 g/mol. The van der Waals surface area contributed by atoms with Gasteiger partial charge in [-0.2, -0.15) is 0 Å². The number of fused-ring (bicyclic) bond motifs is 2. The second kappa shape index (κ2) is 8.42. The second-order valence-corrected chi connectivity index (χ2v) is 6.86. The minimum Gasteiger partial charge on any atom is -0.383 e. The van der Waals surface area contributed by atoms with Crippen molar-refractivity contribution in [1.29, 1.82) is 0 Å². The molecule has 9 nitrogen and oxygen atoms in total. The van der Waals surface area contributed by atoms with Crippen molar-refractivity contribution in [2.75, 3.05) is 20.3 Å². The lowest BCUT2D eigenvalue weighted by molar-refractivity contribution is 0.0675. The van der Waals surface area contributed by atoms with Crippen LogP contribution in [0.1, 0.15) is 23.1 Å². The van der Waals surface area contributed by atoms with Crippen molar-refractivity contribution in [3.63, 3.8) is 0 Å². The van der Waals surface area contributed by atoms with Gasteiger partial charge in [0.05, 0.1) is 29.6 Å². The zero-order valence-corrected chi connectivity index (χ0v) is 16.8. The summed E-state index contributed by atoms with van der Waals surface area (Å²) in [5, 5.41) is 8.74. The van der Waals surface area contributed by atoms with Crippen molar-refractivity contribution in [1.82, 2.24) is 29.9 Å². The molecule has 0 saturated carbocycles. The molecule has 0 radical (unpaired) electrons. The number of nitrogens with one attached hydrogen (secondary N) is 1. The highest BCUT2D eigenvalue weighted by molar-refractivity contribution is 5.97. The largest absolute Gasteiger partial charge is 0.383 e. The third-order valence-electron chi connectivity index (χ3n) is 4.92. The van der Waals surface area contributed by atoms with Crippen LogP contribution in [0.15, 0.2) is 47.3 Å². The third kappa shape index (κ3) is 3.79. The molecule has 0 spiro atoms. The quantitative estimate of drug-likeness (QED) is 0.503. The second-order valence-electron chi connectivity index (χ2n) is 6.86. The van der Waals surface area contributed by atoms with E-state index in [9.17, 15) is 9.59 Å². The summed E-state index contributed by atoms with van der Waals surface area (Å²) in [6, 6.07) is 12.4. The monoisotopic (exact) mass is 406 g/mol. The Bertz CT molecular complexity index is 1260. The number of hydrogen-bond donors (Lipinski definition) is 1. The Morgan fingerprint density at radius 3 is 2.83 bits per heavy atom. The number of hydrogen-bond acceptors (Lipinski definition) is 6. The summed E-state index contributed by atoms with van der Waals surface area (Å²) in [5.74, 6) is 0.219. The highest BCUT2D eigenvalue weighted by atomic mass is 16.5. The van der Waals surface area contributed by atoms with Gasteiger partial charge in [-0.25, -0.2) is 9.67 Å². The Balaban J connectivity index is 1.65. The summed E-state index contributed by atoms with van der Waals surface area (Å²) in [4.78, 5) is 34.5. The molecule has 0 unspecified atom stereocenters. The Morgan fingerprint density at radius 1 is 1.20 bits per heavy atom. The van der Waals surface area contributed by atoms with E-state index in [0.29, 0.717) is 47.5 Å². The lowest BCUT2D eigenvalue weighted by atomic mass is 10.1. The topological polar surface area (TPSA) is 106 Å². The summed E-state index contributed by atoms with van der Waals surface area (Å²) in [6.07, 6.45) is 0. The smallest absolute Gasteiger partial charge is 0.258 e. The molecule has 154 valence electrons. The van der Waals surface area contributed by atoms with Gasteiger partial charge in [-0.15, -0.1) is 5.10 Å². The van der Waals surface area contributed by atoms with E-state index in [1.807, 2.05) is 19.1 Å². The minimum atomic E-state index is -0.229. The van der Waals surface area contributed by atoms with Gasteiger partial charge < -0.3 is 14.6 Å². The average Bonchev–Trinajstić information content (AvgIpc) is 3.18. The fourth-order valence-electron chi connectivity index (χ4n) is 3.37. The lowest BCUT2D eigenvalue weighted by Gasteiger charge is -2.22. The number of aromatic nitrogens is 5. The van der Waals surface area contributed by atoms with Gasteiger partial charge in [0.25, 0.3) is 11.5 Å². The molecule has 2 heterocycles. The molecule has 0 aliphatic heterocycles. The van der Waals surface area contributed by atoms with Crippen LogP contribution >= 0.6 is 0 Å². The molecule has 0 saturated heterocycles. The van der Waals surface area contributed by atoms with Crippen LogP contribution in [0.5, 0.6) is 0 Å². The molecular formula is C21H22N6O3. The number of rotatable bonds is 7. The highest BCUT2D eigenvalue weighted by Gasteiger charge is 2.19. The molecule has 9 heteroatoms. The van der Waals surface area contributed by atoms with Gasteiger partial charge in [0.2, 0.25) is 0 Å². The molecule has 4 rings (SSSR count). The molecule has 2 aromatic carbocycles. The molecule has 30 heavy (non-hydrogen) atoms. The van der Waals surface area contributed by atoms with Crippen LogP contribution in [0.4, 0.5) is 0 Å². The van der Waals surface area contributed by atoms with Crippen LogP contribution in [0.3, 0.4) is 0 Å². The normalized spacial score (nSPS) is 11.3. The number of aryl methyl sites for hydroxylation is 1. The fourth-order valence-corrected chi connectivity index (χ4v) is 3.37. The number of aromatic amines is 1. The number of methoxy groups -OCH3 is 1. The Morgan fingerprint density at radius 2 is 2.03 bits per heavy atom. The number of carbonyl (C=O) groups is 1. The molecular weight excluding hydrogens is 384 g/mol. The zero-order chi connectivity index (χ0) is 21.1. The van der Waals surface area contributed by atoms with Gasteiger partial charge in [-0.3, -0.25) is 9.59 Å². The third-order valence-corrected chi connectivity index (χ3v) is 4.92. The standard InChI is InChI=1S/C21H22N6O3/c1-3-27-18-9-8-14(12-17(18)24-25-27)21(29)26(10-11-30-2)13-19-22-16-7-5-4-6-15(16)20(28)23-19/h4-9,12H,3,10-11,13H2,1-2H3,(H,22,23,28). The Hall–Kier alpha value is -3.59. The van der Waals surface area contributed by atoms with E-state index in [2.05, 4.69) is 20.3 Å². The predicted octanol–water partition coefficient (Wildman–Crippen LogP) is 1.98. The van der Waals surface area contributed by atoms with E-state index < -0.39 is 0 Å². The first-order valence-electron chi connectivity index (χ1n) is 9.70. The van der Waals surface area contributed by atoms with Gasteiger partial charge in [-0.05, 0) is 37.3 Å². The van der Waals surface area contributed by atoms with Gasteiger partial charge in [0.15, 0.2) is 0 Å². The highest BCUT2D eigenvalue weighted by Crippen LogP contribution is 2.16. The molecule has 1 N–H and O–H groups in total. The molecule has 0 aliphatic rings. The molecule has 0 fully saturated rings. The van der Waals surface area contributed by atoms with Crippen LogP contribution in [0.2, 0.25) is 0 Å². The summed E-state index contributed by atoms with van der Waals surface area (Å²) >= 11 is 0. The van der Waals surface area contributed by atoms with Gasteiger partial charge in [-0.1, -0.05) is 17.3 Å². The molecule has 0 bridgehead atoms. The van der Waals surface area contributed by atoms with E-state index in [4.69, 9.17) is 4.74 Å². The summed E-state index contributed by atoms with van der Waals surface area (Å²) in [7, 11) is 1.58. The van der Waals surface area contributed by atoms with Crippen molar-refractivity contribution in [3.05, 3.63) is 64.2 Å². The molecule has 2 aromatic heterocycles. The first kappa shape index (κ1) is 19.7. The number of ether oxygens (including phenoxy) is 1. The Labute approximate surface area is 172 Å². The van der Waals surface area contributed by atoms with Crippen molar-refractivity contribution in [3.8, 4) is 0 Å². The van der Waals surface area contributed by atoms with E-state index in [1.54, 1.807) is 47.0 Å². The lowest BCUT2D eigenvalue weighted by Crippen LogP contribution is -2.34.